The van der Waals surface area contributed by atoms with Gasteiger partial charge < -0.3 is 15.8 Å². The van der Waals surface area contributed by atoms with Crippen LogP contribution in [0.25, 0.3) is 0 Å². The van der Waals surface area contributed by atoms with Gasteiger partial charge in [-0.1, -0.05) is 20.8 Å². The molecule has 0 saturated heterocycles. The van der Waals surface area contributed by atoms with E-state index in [0.717, 1.165) is 11.5 Å². The Balaban J connectivity index is 3.09. The highest BCUT2D eigenvalue weighted by atomic mass is 32.2. The molecule has 0 bridgehead atoms. The lowest BCUT2D eigenvalue weighted by atomic mass is 10.1. The van der Waals surface area contributed by atoms with Crippen molar-refractivity contribution >= 4 is 32.2 Å². The lowest BCUT2D eigenvalue weighted by molar-refractivity contribution is 0.171. The molecule has 0 fully saturated rings. The molecular weight excluding hydrogens is 298 g/mol. The van der Waals surface area contributed by atoms with Crippen LogP contribution in [0.5, 0.6) is 0 Å². The van der Waals surface area contributed by atoms with Crippen LogP contribution in [0.4, 0.5) is 10.8 Å². The van der Waals surface area contributed by atoms with Crippen LogP contribution in [-0.2, 0) is 14.6 Å². The zero-order valence-electron chi connectivity index (χ0n) is 12.3. The second-order valence-corrected chi connectivity index (χ2v) is 7.81. The average molecular weight is 321 g/mol. The van der Waals surface area contributed by atoms with Crippen LogP contribution in [0.3, 0.4) is 0 Å². The maximum absolute atomic E-state index is 12.3. The number of nitrogens with two attached hydrogens (primary N) is 1. The molecule has 8 heteroatoms. The van der Waals surface area contributed by atoms with Crippen LogP contribution >= 0.6 is 11.5 Å². The second kappa shape index (κ2) is 7.24. The molecule has 0 aromatic carbocycles. The van der Waals surface area contributed by atoms with Crippen molar-refractivity contribution in [1.29, 1.82) is 0 Å². The van der Waals surface area contributed by atoms with Crippen molar-refractivity contribution in [2.45, 2.75) is 38.1 Å². The number of hydrogen-bond acceptors (Lipinski definition) is 7. The number of methoxy groups -OCH3 is 1. The second-order valence-electron chi connectivity index (χ2n) is 5.00. The molecule has 3 N–H and O–H groups in total. The van der Waals surface area contributed by atoms with Gasteiger partial charge in [-0.05, 0) is 23.9 Å². The average Bonchev–Trinajstić information content (AvgIpc) is 2.70. The van der Waals surface area contributed by atoms with Gasteiger partial charge in [0.1, 0.15) is 9.90 Å². The first-order valence-electron chi connectivity index (χ1n) is 6.56. The van der Waals surface area contributed by atoms with Crippen LogP contribution in [0, 0.1) is 5.92 Å². The van der Waals surface area contributed by atoms with Crippen LogP contribution < -0.4 is 11.1 Å². The SMILES string of the molecule is CCCS(=O)(=O)c1c(N)nsc1NC(COC)C(C)C. The van der Waals surface area contributed by atoms with Gasteiger partial charge in [-0.2, -0.15) is 4.37 Å². The summed E-state index contributed by atoms with van der Waals surface area (Å²) in [5.41, 5.74) is 5.73. The van der Waals surface area contributed by atoms with E-state index < -0.39 is 9.84 Å². The zero-order chi connectivity index (χ0) is 15.3. The molecule has 0 radical (unpaired) electrons. The minimum atomic E-state index is -3.40. The smallest absolute Gasteiger partial charge is 0.185 e. The fourth-order valence-electron chi connectivity index (χ4n) is 1.81. The molecule has 0 saturated carbocycles. The topological polar surface area (TPSA) is 94.3 Å². The number of nitrogen functional groups attached to an aromatic ring is 1. The highest BCUT2D eigenvalue weighted by molar-refractivity contribution is 7.91. The number of nitrogens with zero attached hydrogens (tertiary/aromatic N) is 1. The molecule has 20 heavy (non-hydrogen) atoms. The van der Waals surface area contributed by atoms with Crippen molar-refractivity contribution in [2.24, 2.45) is 5.92 Å². The molecule has 1 rings (SSSR count). The first-order chi connectivity index (χ1) is 9.33. The van der Waals surface area contributed by atoms with Crippen molar-refractivity contribution in [3.05, 3.63) is 0 Å². The van der Waals surface area contributed by atoms with E-state index in [0.29, 0.717) is 23.9 Å². The summed E-state index contributed by atoms with van der Waals surface area (Å²) in [6, 6.07) is 0.00965. The van der Waals surface area contributed by atoms with E-state index in [2.05, 4.69) is 9.69 Å². The molecule has 1 atom stereocenters. The molecule has 1 aromatic rings. The van der Waals surface area contributed by atoms with Gasteiger partial charge in [0, 0.05) is 7.11 Å². The Morgan fingerprint density at radius 1 is 1.45 bits per heavy atom. The van der Waals surface area contributed by atoms with Crippen molar-refractivity contribution in [3.8, 4) is 0 Å². The molecule has 1 aromatic heterocycles. The molecule has 0 amide bonds. The standard InChI is InChI=1S/C12H23N3O3S2/c1-5-6-20(16,17)10-11(13)15-19-12(10)14-9(7-18-4)8(2)3/h8-9,14H,5-7H2,1-4H3,(H2,13,15). The third-order valence-corrected chi connectivity index (χ3v) is 5.83. The van der Waals surface area contributed by atoms with Crippen molar-refractivity contribution in [2.75, 3.05) is 30.5 Å². The van der Waals surface area contributed by atoms with E-state index in [-0.39, 0.29) is 22.5 Å². The molecule has 1 heterocycles. The predicted octanol–water partition coefficient (Wildman–Crippen LogP) is 1.99. The molecule has 0 aliphatic heterocycles. The highest BCUT2D eigenvalue weighted by Crippen LogP contribution is 2.33. The summed E-state index contributed by atoms with van der Waals surface area (Å²) < 4.78 is 33.7. The maximum Gasteiger partial charge on any atom is 0.185 e. The van der Waals surface area contributed by atoms with Gasteiger partial charge in [-0.3, -0.25) is 0 Å². The van der Waals surface area contributed by atoms with Crippen molar-refractivity contribution < 1.29 is 13.2 Å². The maximum atomic E-state index is 12.3. The summed E-state index contributed by atoms with van der Waals surface area (Å²) in [7, 11) is -1.78. The molecule has 116 valence electrons. The number of aromatic nitrogens is 1. The van der Waals surface area contributed by atoms with Gasteiger partial charge in [0.15, 0.2) is 15.7 Å². The Hall–Kier alpha value is -0.860. The first kappa shape index (κ1) is 17.2. The number of rotatable bonds is 8. The summed E-state index contributed by atoms with van der Waals surface area (Å²) in [5, 5.41) is 3.71. The quantitative estimate of drug-likeness (QED) is 0.760. The summed E-state index contributed by atoms with van der Waals surface area (Å²) >= 11 is 1.08. The third kappa shape index (κ3) is 4.07. The van der Waals surface area contributed by atoms with Crippen molar-refractivity contribution in [3.63, 3.8) is 0 Å². The Morgan fingerprint density at radius 2 is 2.10 bits per heavy atom. The van der Waals surface area contributed by atoms with Gasteiger partial charge >= 0.3 is 0 Å². The molecule has 0 aliphatic rings. The van der Waals surface area contributed by atoms with E-state index in [1.807, 2.05) is 20.8 Å². The van der Waals surface area contributed by atoms with Gasteiger partial charge in [0.2, 0.25) is 0 Å². The Morgan fingerprint density at radius 3 is 2.60 bits per heavy atom. The number of nitrogens with one attached hydrogen (secondary N) is 1. The largest absolute Gasteiger partial charge is 0.383 e. The summed E-state index contributed by atoms with van der Waals surface area (Å²) in [4.78, 5) is 0.131. The van der Waals surface area contributed by atoms with E-state index in [4.69, 9.17) is 10.5 Å². The molecule has 6 nitrogen and oxygen atoms in total. The fourth-order valence-corrected chi connectivity index (χ4v) is 4.48. The van der Waals surface area contributed by atoms with Crippen LogP contribution in [0.15, 0.2) is 4.90 Å². The normalized spacial score (nSPS) is 13.7. The van der Waals surface area contributed by atoms with Gasteiger partial charge in [-0.15, -0.1) is 0 Å². The summed E-state index contributed by atoms with van der Waals surface area (Å²) in [5.74, 6) is 0.437. The van der Waals surface area contributed by atoms with E-state index in [1.165, 1.54) is 0 Å². The summed E-state index contributed by atoms with van der Waals surface area (Å²) in [6.07, 6.45) is 0.544. The lowest BCUT2D eigenvalue weighted by Crippen LogP contribution is -2.30. The van der Waals surface area contributed by atoms with Crippen LogP contribution in [0.1, 0.15) is 27.2 Å². The van der Waals surface area contributed by atoms with Crippen LogP contribution in [-0.4, -0.2) is 38.3 Å². The summed E-state index contributed by atoms with van der Waals surface area (Å²) in [6.45, 7) is 6.40. The van der Waals surface area contributed by atoms with Gasteiger partial charge in [0.25, 0.3) is 0 Å². The lowest BCUT2D eigenvalue weighted by Gasteiger charge is -2.22. The Labute approximate surface area is 124 Å². The molecule has 0 aliphatic carbocycles. The molecular formula is C12H23N3O3S2. The zero-order valence-corrected chi connectivity index (χ0v) is 14.0. The minimum Gasteiger partial charge on any atom is -0.383 e. The molecule has 0 spiro atoms. The van der Waals surface area contributed by atoms with E-state index >= 15 is 0 Å². The fraction of sp³-hybridized carbons (Fsp3) is 0.750. The van der Waals surface area contributed by atoms with Crippen molar-refractivity contribution in [1.82, 2.24) is 4.37 Å². The minimum absolute atomic E-state index is 0.00965. The van der Waals surface area contributed by atoms with Gasteiger partial charge in [-0.25, -0.2) is 8.42 Å². The Bertz CT molecular complexity index is 526. The monoisotopic (exact) mass is 321 g/mol. The highest BCUT2D eigenvalue weighted by Gasteiger charge is 2.26. The van der Waals surface area contributed by atoms with Crippen LogP contribution in [0.2, 0.25) is 0 Å². The number of ether oxygens (including phenoxy) is 1. The van der Waals surface area contributed by atoms with E-state index in [9.17, 15) is 8.42 Å². The van der Waals surface area contributed by atoms with E-state index in [1.54, 1.807) is 7.11 Å². The van der Waals surface area contributed by atoms with Gasteiger partial charge in [0.05, 0.1) is 18.4 Å². The predicted molar refractivity (Wildman–Crippen MR) is 83.0 cm³/mol. The molecule has 1 unspecified atom stereocenters. The first-order valence-corrected chi connectivity index (χ1v) is 8.99. The number of hydrogen-bond donors (Lipinski definition) is 2. The number of anilines is 2. The third-order valence-electron chi connectivity index (χ3n) is 2.93. The Kier molecular flexibility index (Phi) is 6.22. The number of sulfone groups is 1.